The molecule has 0 bridgehead atoms. The topological polar surface area (TPSA) is 20.2 Å². The Balaban J connectivity index is 1.69. The zero-order chi connectivity index (χ0) is 14.0. The molecule has 6 unspecified atom stereocenters. The number of aliphatic hydroxyl groups is 1. The van der Waals surface area contributed by atoms with Crippen LogP contribution in [0.1, 0.15) is 78.1 Å². The second kappa shape index (κ2) is 4.48. The van der Waals surface area contributed by atoms with Crippen molar-refractivity contribution in [3.05, 3.63) is 0 Å². The van der Waals surface area contributed by atoms with Gasteiger partial charge in [-0.15, -0.1) is 0 Å². The Morgan fingerprint density at radius 3 is 2.55 bits per heavy atom. The Labute approximate surface area is 124 Å². The minimum atomic E-state index is 0.0129. The molecule has 1 heteroatoms. The van der Waals surface area contributed by atoms with Crippen molar-refractivity contribution in [2.75, 3.05) is 0 Å². The van der Waals surface area contributed by atoms with Crippen LogP contribution in [-0.2, 0) is 0 Å². The zero-order valence-corrected chi connectivity index (χ0v) is 13.4. The number of rotatable bonds is 0. The molecule has 4 fully saturated rings. The van der Waals surface area contributed by atoms with E-state index in [9.17, 15) is 5.11 Å². The highest BCUT2D eigenvalue weighted by molar-refractivity contribution is 5.09. The van der Waals surface area contributed by atoms with E-state index in [1.807, 2.05) is 0 Å². The maximum Gasteiger partial charge on any atom is 0.0577 e. The third-order valence-corrected chi connectivity index (χ3v) is 8.38. The van der Waals surface area contributed by atoms with E-state index in [1.54, 1.807) is 0 Å². The summed E-state index contributed by atoms with van der Waals surface area (Å²) in [6.45, 7) is 5.13. The largest absolute Gasteiger partial charge is 0.393 e. The molecule has 1 nitrogen and oxygen atoms in total. The summed E-state index contributed by atoms with van der Waals surface area (Å²) in [5.41, 5.74) is 1.13. The molecule has 4 aliphatic carbocycles. The van der Waals surface area contributed by atoms with E-state index in [0.29, 0.717) is 16.7 Å². The summed E-state index contributed by atoms with van der Waals surface area (Å²) in [7, 11) is 0. The molecule has 20 heavy (non-hydrogen) atoms. The summed E-state index contributed by atoms with van der Waals surface area (Å²) in [6.07, 6.45) is 13.9. The maximum absolute atomic E-state index is 10.9. The molecular weight excluding hydrogens is 244 g/mol. The lowest BCUT2D eigenvalue weighted by molar-refractivity contribution is -0.157. The van der Waals surface area contributed by atoms with Gasteiger partial charge in [0.05, 0.1) is 6.10 Å². The van der Waals surface area contributed by atoms with Crippen molar-refractivity contribution < 1.29 is 5.11 Å². The monoisotopic (exact) mass is 276 g/mol. The third-order valence-electron chi connectivity index (χ3n) is 8.38. The van der Waals surface area contributed by atoms with Crippen LogP contribution in [0.2, 0.25) is 0 Å². The van der Waals surface area contributed by atoms with E-state index in [-0.39, 0.29) is 6.10 Å². The van der Waals surface area contributed by atoms with Gasteiger partial charge in [0.25, 0.3) is 0 Å². The van der Waals surface area contributed by atoms with E-state index in [1.165, 1.54) is 57.8 Å². The van der Waals surface area contributed by atoms with Gasteiger partial charge in [-0.1, -0.05) is 33.1 Å². The van der Waals surface area contributed by atoms with E-state index in [4.69, 9.17) is 0 Å². The van der Waals surface area contributed by atoms with E-state index in [2.05, 4.69) is 13.8 Å². The van der Waals surface area contributed by atoms with Crippen LogP contribution in [0.4, 0.5) is 0 Å². The quantitative estimate of drug-likeness (QED) is 0.675. The summed E-state index contributed by atoms with van der Waals surface area (Å²) in [5, 5.41) is 10.9. The van der Waals surface area contributed by atoms with Crippen LogP contribution < -0.4 is 0 Å². The summed E-state index contributed by atoms with van der Waals surface area (Å²) >= 11 is 0. The van der Waals surface area contributed by atoms with Crippen molar-refractivity contribution in [1.82, 2.24) is 0 Å². The van der Waals surface area contributed by atoms with Gasteiger partial charge in [-0.05, 0) is 79.4 Å². The number of fused-ring (bicyclic) bond motifs is 5. The molecule has 0 amide bonds. The molecular formula is C19H32O. The zero-order valence-electron chi connectivity index (χ0n) is 13.4. The van der Waals surface area contributed by atoms with Gasteiger partial charge in [-0.3, -0.25) is 0 Å². The Bertz CT molecular complexity index is 391. The van der Waals surface area contributed by atoms with Crippen LogP contribution in [0.5, 0.6) is 0 Å². The Morgan fingerprint density at radius 2 is 1.70 bits per heavy atom. The van der Waals surface area contributed by atoms with E-state index in [0.717, 1.165) is 24.2 Å². The lowest BCUT2D eigenvalue weighted by Gasteiger charge is -2.61. The van der Waals surface area contributed by atoms with Crippen LogP contribution in [-0.4, -0.2) is 11.2 Å². The molecule has 114 valence electrons. The van der Waals surface area contributed by atoms with Crippen LogP contribution >= 0.6 is 0 Å². The third kappa shape index (κ3) is 1.71. The van der Waals surface area contributed by atoms with Gasteiger partial charge in [0, 0.05) is 0 Å². The summed E-state index contributed by atoms with van der Waals surface area (Å²) in [5.74, 6) is 3.11. The van der Waals surface area contributed by atoms with Crippen LogP contribution in [0.15, 0.2) is 0 Å². The second-order valence-corrected chi connectivity index (χ2v) is 9.13. The highest BCUT2D eigenvalue weighted by Crippen LogP contribution is 2.66. The van der Waals surface area contributed by atoms with Crippen LogP contribution in [0.3, 0.4) is 0 Å². The van der Waals surface area contributed by atoms with Gasteiger partial charge in [-0.2, -0.15) is 0 Å². The molecule has 0 aromatic carbocycles. The predicted molar refractivity (Wildman–Crippen MR) is 82.4 cm³/mol. The standard InChI is InChI=1S/C19H32O/c1-18-9-5-7-14(18)17-15(8-11-18)19(2)10-4-3-6-13(19)12-16(17)20/h13-17,20H,3-12H2,1-2H3/t13?,14?,15?,16-,17?,18?,19?/m1/s1. The van der Waals surface area contributed by atoms with Gasteiger partial charge in [0.2, 0.25) is 0 Å². The number of hydrogen-bond acceptors (Lipinski definition) is 1. The first-order chi connectivity index (χ1) is 9.55. The van der Waals surface area contributed by atoms with Crippen molar-refractivity contribution in [3.8, 4) is 0 Å². The Hall–Kier alpha value is -0.0400. The minimum absolute atomic E-state index is 0.0129. The first-order valence-electron chi connectivity index (χ1n) is 9.23. The van der Waals surface area contributed by atoms with Gasteiger partial charge < -0.3 is 5.11 Å². The summed E-state index contributed by atoms with van der Waals surface area (Å²) < 4.78 is 0. The molecule has 0 aromatic rings. The average molecular weight is 276 g/mol. The average Bonchev–Trinajstić information content (AvgIpc) is 2.81. The smallest absolute Gasteiger partial charge is 0.0577 e. The molecule has 0 radical (unpaired) electrons. The van der Waals surface area contributed by atoms with Crippen molar-refractivity contribution >= 4 is 0 Å². The van der Waals surface area contributed by atoms with Crippen molar-refractivity contribution in [2.24, 2.45) is 34.5 Å². The van der Waals surface area contributed by atoms with Crippen LogP contribution in [0.25, 0.3) is 0 Å². The molecule has 0 aromatic heterocycles. The second-order valence-electron chi connectivity index (χ2n) is 9.13. The molecule has 0 heterocycles. The first kappa shape index (κ1) is 13.6. The van der Waals surface area contributed by atoms with Gasteiger partial charge >= 0.3 is 0 Å². The minimum Gasteiger partial charge on any atom is -0.393 e. The Kier molecular flexibility index (Phi) is 3.05. The molecule has 7 atom stereocenters. The van der Waals surface area contributed by atoms with Crippen molar-refractivity contribution in [1.29, 1.82) is 0 Å². The SMILES string of the molecule is CC12CCCC1C1C(CC2)C2(C)CCCCC2C[C@H]1O. The highest BCUT2D eigenvalue weighted by atomic mass is 16.3. The molecule has 0 aliphatic heterocycles. The highest BCUT2D eigenvalue weighted by Gasteiger charge is 2.59. The fraction of sp³-hybridized carbons (Fsp3) is 1.00. The normalized spacial score (nSPS) is 58.6. The number of hydrogen-bond donors (Lipinski definition) is 1. The maximum atomic E-state index is 10.9. The molecule has 0 spiro atoms. The molecule has 0 saturated heterocycles. The van der Waals surface area contributed by atoms with E-state index < -0.39 is 0 Å². The molecule has 1 N–H and O–H groups in total. The molecule has 4 aliphatic rings. The Morgan fingerprint density at radius 1 is 0.850 bits per heavy atom. The molecule has 4 rings (SSSR count). The fourth-order valence-electron chi connectivity index (χ4n) is 7.25. The molecule has 4 saturated carbocycles. The van der Waals surface area contributed by atoms with Gasteiger partial charge in [0.15, 0.2) is 0 Å². The lowest BCUT2D eigenvalue weighted by Crippen LogP contribution is -2.56. The van der Waals surface area contributed by atoms with Gasteiger partial charge in [-0.25, -0.2) is 0 Å². The number of aliphatic hydroxyl groups excluding tert-OH is 1. The van der Waals surface area contributed by atoms with Crippen molar-refractivity contribution in [3.63, 3.8) is 0 Å². The lowest BCUT2D eigenvalue weighted by atomic mass is 9.45. The van der Waals surface area contributed by atoms with Crippen molar-refractivity contribution in [2.45, 2.75) is 84.2 Å². The predicted octanol–water partition coefficient (Wildman–Crippen LogP) is 4.78. The summed E-state index contributed by atoms with van der Waals surface area (Å²) in [6, 6.07) is 0. The fourth-order valence-corrected chi connectivity index (χ4v) is 7.25. The summed E-state index contributed by atoms with van der Waals surface area (Å²) in [4.78, 5) is 0. The van der Waals surface area contributed by atoms with E-state index >= 15 is 0 Å². The van der Waals surface area contributed by atoms with Gasteiger partial charge in [0.1, 0.15) is 0 Å². The first-order valence-corrected chi connectivity index (χ1v) is 9.23. The van der Waals surface area contributed by atoms with Crippen LogP contribution in [0, 0.1) is 34.5 Å².